The number of aromatic nitrogens is 3. The third kappa shape index (κ3) is 3.55. The standard InChI is InChI=1S/C23H25ClN6O3S/c1-3-22(2)21(31)27-23(22)11-7-8-14(12-23)19-26-20-16(13-25)17(18(24)30(20)28-19)34-33-32-29-15-9-5-4-6-10-15/h4-6,9-10,14,29H,3,7-8,11-12H2,1-2H3,(H,26,28)(H,27,31). The molecule has 1 aromatic carbocycles. The number of hydrogen-bond acceptors (Lipinski definition) is 7. The van der Waals surface area contributed by atoms with Gasteiger partial charge in [-0.3, -0.25) is 9.89 Å². The molecular formula is C23H25ClN6O3S. The molecule has 2 aliphatic rings. The van der Waals surface area contributed by atoms with E-state index in [1.54, 1.807) is 4.52 Å². The van der Waals surface area contributed by atoms with Crippen LogP contribution in [0, 0.1) is 16.7 Å². The molecule has 0 radical (unpaired) electrons. The Morgan fingerprint density at radius 1 is 1.41 bits per heavy atom. The molecule has 1 spiro atoms. The highest BCUT2D eigenvalue weighted by Crippen LogP contribution is 2.54. The minimum Gasteiger partial charge on any atom is -0.349 e. The van der Waals surface area contributed by atoms with Crippen LogP contribution in [0.5, 0.6) is 0 Å². The molecule has 1 amide bonds. The Kier molecular flexibility index (Phi) is 5.98. The van der Waals surface area contributed by atoms with Crippen molar-refractivity contribution in [3.63, 3.8) is 0 Å². The van der Waals surface area contributed by atoms with Crippen molar-refractivity contribution < 1.29 is 14.1 Å². The van der Waals surface area contributed by atoms with E-state index in [4.69, 9.17) is 25.9 Å². The molecule has 3 heterocycles. The fourth-order valence-electron chi connectivity index (χ4n) is 5.22. The summed E-state index contributed by atoms with van der Waals surface area (Å²) in [5, 5.41) is 16.6. The number of benzene rings is 1. The number of carbonyl (C=O) groups is 1. The van der Waals surface area contributed by atoms with E-state index < -0.39 is 0 Å². The number of nitriles is 1. The SMILES string of the molecule is CCC1(C)C(=O)NC12CCCC(c1nc3c(C#N)c(SOONc4ccccc4)c(Cl)n3[nH]1)C2. The van der Waals surface area contributed by atoms with E-state index in [0.29, 0.717) is 21.3 Å². The first-order chi connectivity index (χ1) is 16.4. The molecule has 2 aromatic heterocycles. The van der Waals surface area contributed by atoms with Gasteiger partial charge in [-0.25, -0.2) is 15.0 Å². The van der Waals surface area contributed by atoms with Crippen molar-refractivity contribution in [3.8, 4) is 6.07 Å². The predicted octanol–water partition coefficient (Wildman–Crippen LogP) is 5.11. The first-order valence-corrected chi connectivity index (χ1v) is 12.4. The van der Waals surface area contributed by atoms with E-state index in [2.05, 4.69) is 35.8 Å². The average Bonchev–Trinajstić information content (AvgIpc) is 3.40. The minimum atomic E-state index is -0.357. The first kappa shape index (κ1) is 23.1. The Morgan fingerprint density at radius 2 is 2.21 bits per heavy atom. The van der Waals surface area contributed by atoms with Crippen molar-refractivity contribution in [2.45, 2.75) is 62.3 Å². The lowest BCUT2D eigenvalue weighted by molar-refractivity contribution is -0.161. The molecule has 1 saturated carbocycles. The zero-order valence-corrected chi connectivity index (χ0v) is 20.4. The topological polar surface area (TPSA) is 116 Å². The fourth-order valence-corrected chi connectivity index (χ4v) is 6.05. The maximum Gasteiger partial charge on any atom is 0.228 e. The van der Waals surface area contributed by atoms with Crippen molar-refractivity contribution >= 4 is 40.9 Å². The molecule has 11 heteroatoms. The Hall–Kier alpha value is -2.71. The molecule has 3 unspecified atom stereocenters. The van der Waals surface area contributed by atoms with Gasteiger partial charge in [0.2, 0.25) is 5.91 Å². The molecule has 5 rings (SSSR count). The summed E-state index contributed by atoms with van der Waals surface area (Å²) in [5.74, 6) is 1.03. The summed E-state index contributed by atoms with van der Waals surface area (Å²) in [6.45, 7) is 4.13. The van der Waals surface area contributed by atoms with Crippen LogP contribution in [0.2, 0.25) is 5.15 Å². The van der Waals surface area contributed by atoms with Crippen LogP contribution in [0.15, 0.2) is 35.2 Å². The van der Waals surface area contributed by atoms with Crippen LogP contribution in [-0.4, -0.2) is 26.0 Å². The van der Waals surface area contributed by atoms with Crippen LogP contribution in [0.3, 0.4) is 0 Å². The number of rotatable bonds is 7. The molecule has 1 saturated heterocycles. The number of para-hydroxylation sites is 1. The smallest absolute Gasteiger partial charge is 0.228 e. The fraction of sp³-hybridized carbons (Fsp3) is 0.435. The maximum absolute atomic E-state index is 12.3. The highest BCUT2D eigenvalue weighted by atomic mass is 35.5. The monoisotopic (exact) mass is 500 g/mol. The number of hydrogen-bond donors (Lipinski definition) is 3. The van der Waals surface area contributed by atoms with Crippen LogP contribution in [-0.2, 0) is 14.1 Å². The van der Waals surface area contributed by atoms with Crippen molar-refractivity contribution in [1.82, 2.24) is 19.9 Å². The lowest BCUT2D eigenvalue weighted by atomic mass is 9.54. The third-order valence-corrected chi connectivity index (χ3v) is 8.62. The molecule has 3 aromatic rings. The molecule has 1 aliphatic heterocycles. The van der Waals surface area contributed by atoms with Gasteiger partial charge in [0.25, 0.3) is 0 Å². The number of amides is 1. The number of β-lactam (4-membered cyclic amide) rings is 1. The van der Waals surface area contributed by atoms with Crippen molar-refractivity contribution in [3.05, 3.63) is 46.9 Å². The van der Waals surface area contributed by atoms with Gasteiger partial charge in [0, 0.05) is 5.92 Å². The largest absolute Gasteiger partial charge is 0.349 e. The summed E-state index contributed by atoms with van der Waals surface area (Å²) in [6.07, 6.45) is 4.53. The Labute approximate surface area is 206 Å². The van der Waals surface area contributed by atoms with E-state index in [0.717, 1.165) is 55.7 Å². The van der Waals surface area contributed by atoms with Gasteiger partial charge in [0.1, 0.15) is 22.6 Å². The maximum atomic E-state index is 12.3. The molecule has 0 bridgehead atoms. The summed E-state index contributed by atoms with van der Waals surface area (Å²) in [6, 6.07) is 11.4. The number of aromatic amines is 1. The van der Waals surface area contributed by atoms with Crippen LogP contribution in [0.4, 0.5) is 5.69 Å². The molecular weight excluding hydrogens is 476 g/mol. The van der Waals surface area contributed by atoms with Crippen LogP contribution >= 0.6 is 23.6 Å². The first-order valence-electron chi connectivity index (χ1n) is 11.3. The molecule has 3 N–H and O–H groups in total. The van der Waals surface area contributed by atoms with Crippen LogP contribution in [0.1, 0.15) is 63.3 Å². The van der Waals surface area contributed by atoms with Gasteiger partial charge < -0.3 is 5.32 Å². The van der Waals surface area contributed by atoms with E-state index in [9.17, 15) is 10.1 Å². The highest BCUT2D eigenvalue weighted by molar-refractivity contribution is 7.94. The molecule has 1 aliphatic carbocycles. The molecule has 9 nitrogen and oxygen atoms in total. The Balaban J connectivity index is 1.33. The van der Waals surface area contributed by atoms with Crippen LogP contribution < -0.4 is 10.8 Å². The Morgan fingerprint density at radius 3 is 2.91 bits per heavy atom. The Bertz CT molecular complexity index is 1270. The summed E-state index contributed by atoms with van der Waals surface area (Å²) in [4.78, 5) is 22.5. The highest BCUT2D eigenvalue weighted by Gasteiger charge is 2.62. The van der Waals surface area contributed by atoms with Gasteiger partial charge in [-0.2, -0.15) is 5.26 Å². The van der Waals surface area contributed by atoms with Gasteiger partial charge in [-0.05, 0) is 44.7 Å². The number of anilines is 1. The quantitative estimate of drug-likeness (QED) is 0.136. The van der Waals surface area contributed by atoms with Crippen LogP contribution in [0.25, 0.3) is 5.65 Å². The van der Waals surface area contributed by atoms with Crippen molar-refractivity contribution in [2.24, 2.45) is 5.41 Å². The second-order valence-corrected chi connectivity index (χ2v) is 10.2. The lowest BCUT2D eigenvalue weighted by Gasteiger charge is -2.60. The predicted molar refractivity (Wildman–Crippen MR) is 128 cm³/mol. The third-order valence-electron chi connectivity index (χ3n) is 7.45. The molecule has 34 heavy (non-hydrogen) atoms. The molecule has 3 atom stereocenters. The number of nitrogens with zero attached hydrogens (tertiary/aromatic N) is 3. The van der Waals surface area contributed by atoms with Gasteiger partial charge >= 0.3 is 0 Å². The summed E-state index contributed by atoms with van der Waals surface area (Å²) >= 11 is 7.41. The second kappa shape index (κ2) is 8.82. The summed E-state index contributed by atoms with van der Waals surface area (Å²) in [7, 11) is 0. The van der Waals surface area contributed by atoms with E-state index in [1.165, 1.54) is 0 Å². The zero-order valence-electron chi connectivity index (χ0n) is 18.9. The molecule has 178 valence electrons. The van der Waals surface area contributed by atoms with Crippen molar-refractivity contribution in [1.29, 1.82) is 5.26 Å². The van der Waals surface area contributed by atoms with E-state index in [-0.39, 0.29) is 22.8 Å². The minimum absolute atomic E-state index is 0.128. The summed E-state index contributed by atoms with van der Waals surface area (Å²) < 4.78 is 6.76. The van der Waals surface area contributed by atoms with Gasteiger partial charge in [-0.1, -0.05) is 43.1 Å². The van der Waals surface area contributed by atoms with E-state index >= 15 is 0 Å². The van der Waals surface area contributed by atoms with Crippen molar-refractivity contribution in [2.75, 3.05) is 5.48 Å². The lowest BCUT2D eigenvalue weighted by Crippen LogP contribution is -2.76. The van der Waals surface area contributed by atoms with Gasteiger partial charge in [-0.15, -0.1) is 9.32 Å². The average molecular weight is 501 g/mol. The number of fused-ring (bicyclic) bond motifs is 1. The second-order valence-electron chi connectivity index (χ2n) is 9.09. The van der Waals surface area contributed by atoms with Gasteiger partial charge in [0.05, 0.1) is 33.6 Å². The number of halogens is 1. The zero-order chi connectivity index (χ0) is 23.9. The van der Waals surface area contributed by atoms with E-state index in [1.807, 2.05) is 30.3 Å². The number of H-pyrrole nitrogens is 1. The normalized spacial score (nSPS) is 26.3. The molecule has 2 fully saturated rings. The number of nitrogens with one attached hydrogen (secondary N) is 3. The summed E-state index contributed by atoms with van der Waals surface area (Å²) in [5.41, 5.74) is 3.56. The van der Waals surface area contributed by atoms with Gasteiger partial charge in [0.15, 0.2) is 5.65 Å². The number of carbonyl (C=O) groups excluding carboxylic acids is 1.